The molecule has 1 rings (SSSR count). The fourth-order valence-electron chi connectivity index (χ4n) is 0.665. The van der Waals surface area contributed by atoms with E-state index < -0.39 is 7.74 Å². The average molecular weight is 413 g/mol. The SMILES string of the molecule is [Br][Ge]([Br])([Br])[C]#Cc1ccccc1. The molecule has 12 heavy (non-hydrogen) atoms. The van der Waals surface area contributed by atoms with Crippen LogP contribution < -0.4 is 0 Å². The molecular weight excluding hydrogens is 408 g/mol. The van der Waals surface area contributed by atoms with Gasteiger partial charge in [-0.25, -0.2) is 0 Å². The van der Waals surface area contributed by atoms with Gasteiger partial charge in [0.05, 0.1) is 0 Å². The molecule has 0 saturated heterocycles. The van der Waals surface area contributed by atoms with Gasteiger partial charge in [-0.1, -0.05) is 0 Å². The molecule has 0 saturated carbocycles. The van der Waals surface area contributed by atoms with Crippen LogP contribution in [0, 0.1) is 10.7 Å². The molecule has 0 aliphatic rings. The van der Waals surface area contributed by atoms with Crippen molar-refractivity contribution in [1.82, 2.24) is 0 Å². The summed E-state index contributed by atoms with van der Waals surface area (Å²) in [6.07, 6.45) is 0. The van der Waals surface area contributed by atoms with Gasteiger partial charge in [-0.15, -0.1) is 0 Å². The summed E-state index contributed by atoms with van der Waals surface area (Å²) in [6.45, 7) is 0. The zero-order chi connectivity index (χ0) is 9.03. The van der Waals surface area contributed by atoms with E-state index in [-0.39, 0.29) is 0 Å². The first-order valence-corrected chi connectivity index (χ1v) is 19.0. The standard InChI is InChI=1S/C8H5Br3Ge/c9-12(10,11)7-6-8-4-2-1-3-5-8/h1-5H. The van der Waals surface area contributed by atoms with Gasteiger partial charge >= 0.3 is 96.3 Å². The third-order valence-corrected chi connectivity index (χ3v) is 5.07. The van der Waals surface area contributed by atoms with Crippen molar-refractivity contribution in [3.63, 3.8) is 0 Å². The average Bonchev–Trinajstić information content (AvgIpc) is 2.02. The van der Waals surface area contributed by atoms with Crippen LogP contribution in [0.5, 0.6) is 0 Å². The molecule has 0 heterocycles. The molecule has 0 radical (unpaired) electrons. The minimum absolute atomic E-state index is 1.05. The molecule has 0 nitrogen and oxygen atoms in total. The topological polar surface area (TPSA) is 0 Å². The number of hydrogen-bond donors (Lipinski definition) is 0. The van der Waals surface area contributed by atoms with E-state index in [1.54, 1.807) is 0 Å². The van der Waals surface area contributed by atoms with Crippen molar-refractivity contribution < 1.29 is 0 Å². The summed E-state index contributed by atoms with van der Waals surface area (Å²) in [4.78, 5) is 0. The van der Waals surface area contributed by atoms with Gasteiger partial charge in [0.25, 0.3) is 0 Å². The van der Waals surface area contributed by atoms with E-state index in [1.807, 2.05) is 30.3 Å². The van der Waals surface area contributed by atoms with Gasteiger partial charge in [0.15, 0.2) is 0 Å². The van der Waals surface area contributed by atoms with Crippen LogP contribution in [0.15, 0.2) is 30.3 Å². The number of hydrogen-bond acceptors (Lipinski definition) is 0. The third kappa shape index (κ3) is 4.71. The van der Waals surface area contributed by atoms with Crippen LogP contribution in [0.4, 0.5) is 0 Å². The van der Waals surface area contributed by atoms with Gasteiger partial charge in [-0.2, -0.15) is 0 Å². The number of halogens is 3. The molecule has 0 aromatic heterocycles. The summed E-state index contributed by atoms with van der Waals surface area (Å²) in [6, 6.07) is 9.93. The Morgan fingerprint density at radius 3 is 2.08 bits per heavy atom. The van der Waals surface area contributed by atoms with Crippen molar-refractivity contribution in [1.29, 1.82) is 0 Å². The molecule has 0 fully saturated rings. The van der Waals surface area contributed by atoms with Gasteiger partial charge in [-0.05, 0) is 0 Å². The minimum atomic E-state index is -2.22. The molecule has 0 aliphatic heterocycles. The molecule has 0 aliphatic carbocycles. The van der Waals surface area contributed by atoms with Crippen LogP contribution >= 0.6 is 42.0 Å². The molecule has 0 atom stereocenters. The van der Waals surface area contributed by atoms with E-state index in [1.165, 1.54) is 0 Å². The molecule has 0 amide bonds. The van der Waals surface area contributed by atoms with Crippen LogP contribution in [0.3, 0.4) is 0 Å². The van der Waals surface area contributed by atoms with Crippen molar-refractivity contribution in [3.05, 3.63) is 35.9 Å². The van der Waals surface area contributed by atoms with Crippen molar-refractivity contribution in [2.24, 2.45) is 0 Å². The van der Waals surface area contributed by atoms with Crippen molar-refractivity contribution in [2.45, 2.75) is 0 Å². The quantitative estimate of drug-likeness (QED) is 0.450. The first-order chi connectivity index (χ1) is 5.58. The Hall–Kier alpha value is 0.763. The predicted molar refractivity (Wildman–Crippen MR) is 65.9 cm³/mol. The summed E-state index contributed by atoms with van der Waals surface area (Å²) in [5.74, 6) is 3.08. The Morgan fingerprint density at radius 1 is 1.00 bits per heavy atom. The fourth-order valence-corrected chi connectivity index (χ4v) is 2.81. The number of rotatable bonds is 0. The molecule has 0 spiro atoms. The van der Waals surface area contributed by atoms with Crippen molar-refractivity contribution >= 4 is 49.8 Å². The zero-order valence-electron chi connectivity index (χ0n) is 6.02. The summed E-state index contributed by atoms with van der Waals surface area (Å²) in [5, 5.41) is 0. The second kappa shape index (κ2) is 4.85. The third-order valence-electron chi connectivity index (χ3n) is 1.12. The van der Waals surface area contributed by atoms with Crippen LogP contribution in [-0.2, 0) is 0 Å². The van der Waals surface area contributed by atoms with E-state index in [0.29, 0.717) is 0 Å². The maximum absolute atomic E-state index is 3.48. The Bertz CT molecular complexity index is 305. The van der Waals surface area contributed by atoms with Crippen LogP contribution in [0.2, 0.25) is 0 Å². The van der Waals surface area contributed by atoms with Crippen LogP contribution in [0.1, 0.15) is 5.56 Å². The van der Waals surface area contributed by atoms with E-state index >= 15 is 0 Å². The first-order valence-electron chi connectivity index (χ1n) is 3.23. The van der Waals surface area contributed by atoms with Crippen LogP contribution in [-0.4, -0.2) is 7.74 Å². The Morgan fingerprint density at radius 2 is 1.58 bits per heavy atom. The summed E-state index contributed by atoms with van der Waals surface area (Å²) < 4.78 is 3.13. The van der Waals surface area contributed by atoms with Gasteiger partial charge in [0.1, 0.15) is 0 Å². The molecule has 1 aromatic rings. The van der Waals surface area contributed by atoms with Crippen molar-refractivity contribution in [3.8, 4) is 10.7 Å². The summed E-state index contributed by atoms with van der Waals surface area (Å²) in [7, 11) is -2.22. The summed E-state index contributed by atoms with van der Waals surface area (Å²) in [5.41, 5.74) is 1.05. The van der Waals surface area contributed by atoms with Gasteiger partial charge < -0.3 is 0 Å². The Labute approximate surface area is 95.3 Å². The Balaban J connectivity index is 2.81. The van der Waals surface area contributed by atoms with Gasteiger partial charge in [0.2, 0.25) is 0 Å². The second-order valence-electron chi connectivity index (χ2n) is 2.11. The van der Waals surface area contributed by atoms with E-state index in [2.05, 4.69) is 52.7 Å². The summed E-state index contributed by atoms with van der Waals surface area (Å²) >= 11 is 10.4. The van der Waals surface area contributed by atoms with E-state index in [0.717, 1.165) is 5.56 Å². The fraction of sp³-hybridized carbons (Fsp3) is 0. The Kier molecular flexibility index (Phi) is 4.38. The van der Waals surface area contributed by atoms with E-state index in [9.17, 15) is 0 Å². The van der Waals surface area contributed by atoms with Crippen molar-refractivity contribution in [2.75, 3.05) is 0 Å². The predicted octanol–water partition coefficient (Wildman–Crippen LogP) is 3.70. The maximum atomic E-state index is 3.48. The van der Waals surface area contributed by atoms with Gasteiger partial charge in [0, 0.05) is 0 Å². The molecule has 1 aromatic carbocycles. The van der Waals surface area contributed by atoms with Crippen LogP contribution in [0.25, 0.3) is 0 Å². The molecule has 4 heteroatoms. The molecule has 0 N–H and O–H groups in total. The monoisotopic (exact) mass is 412 g/mol. The molecular formula is C8H5Br3Ge. The number of benzene rings is 1. The molecule has 62 valence electrons. The molecule has 0 unspecified atom stereocenters. The second-order valence-corrected chi connectivity index (χ2v) is 39.9. The van der Waals surface area contributed by atoms with E-state index in [4.69, 9.17) is 0 Å². The van der Waals surface area contributed by atoms with Gasteiger partial charge in [-0.3, -0.25) is 0 Å². The first kappa shape index (κ1) is 10.8. The zero-order valence-corrected chi connectivity index (χ0v) is 12.9. The molecule has 0 bridgehead atoms. The normalized spacial score (nSPS) is 10.2.